The first-order chi connectivity index (χ1) is 14.2. The van der Waals surface area contributed by atoms with Gasteiger partial charge in [0.1, 0.15) is 6.54 Å². The van der Waals surface area contributed by atoms with Crippen molar-refractivity contribution >= 4 is 35.0 Å². The molecular weight excluding hydrogens is 400 g/mol. The van der Waals surface area contributed by atoms with Gasteiger partial charge in [0, 0.05) is 40.7 Å². The quantitative estimate of drug-likeness (QED) is 0.523. The SMILES string of the molecule is CCNC(=NCC(=O)N1CCc2sccc2C1)NCC1(Sc2ccccc2)CC1. The summed E-state index contributed by atoms with van der Waals surface area (Å²) < 4.78 is 0.240. The summed E-state index contributed by atoms with van der Waals surface area (Å²) in [5.74, 6) is 0.827. The van der Waals surface area contributed by atoms with E-state index >= 15 is 0 Å². The lowest BCUT2D eigenvalue weighted by Crippen LogP contribution is -2.42. The number of hydrogen-bond acceptors (Lipinski definition) is 4. The summed E-state index contributed by atoms with van der Waals surface area (Å²) in [6.45, 7) is 5.38. The zero-order valence-electron chi connectivity index (χ0n) is 16.8. The number of benzene rings is 1. The third kappa shape index (κ3) is 5.34. The first kappa shape index (κ1) is 20.3. The Balaban J connectivity index is 1.30. The molecule has 0 saturated heterocycles. The van der Waals surface area contributed by atoms with E-state index in [9.17, 15) is 4.79 Å². The normalized spacial score (nSPS) is 17.6. The zero-order valence-corrected chi connectivity index (χ0v) is 18.5. The van der Waals surface area contributed by atoms with E-state index in [0.717, 1.165) is 32.0 Å². The summed E-state index contributed by atoms with van der Waals surface area (Å²) >= 11 is 3.73. The highest BCUT2D eigenvalue weighted by Gasteiger charge is 2.43. The summed E-state index contributed by atoms with van der Waals surface area (Å²) in [6, 6.07) is 12.7. The van der Waals surface area contributed by atoms with Crippen molar-refractivity contribution in [1.82, 2.24) is 15.5 Å². The fourth-order valence-corrected chi connectivity index (χ4v) is 5.62. The van der Waals surface area contributed by atoms with Crippen LogP contribution in [0, 0.1) is 0 Å². The number of nitrogens with zero attached hydrogens (tertiary/aromatic N) is 2. The number of hydrogen-bond donors (Lipinski definition) is 2. The van der Waals surface area contributed by atoms with Crippen LogP contribution in [0.15, 0.2) is 51.7 Å². The first-order valence-electron chi connectivity index (χ1n) is 10.3. The van der Waals surface area contributed by atoms with Crippen molar-refractivity contribution in [2.24, 2.45) is 4.99 Å². The van der Waals surface area contributed by atoms with Gasteiger partial charge in [-0.3, -0.25) is 4.79 Å². The van der Waals surface area contributed by atoms with Gasteiger partial charge in [0.25, 0.3) is 0 Å². The van der Waals surface area contributed by atoms with Crippen LogP contribution in [0.1, 0.15) is 30.2 Å². The van der Waals surface area contributed by atoms with Crippen LogP contribution in [0.25, 0.3) is 0 Å². The number of rotatable bonds is 7. The molecular formula is C22H28N4OS2. The van der Waals surface area contributed by atoms with Crippen molar-refractivity contribution in [3.05, 3.63) is 52.2 Å². The molecule has 2 aliphatic rings. The molecule has 4 rings (SSSR count). The maximum absolute atomic E-state index is 12.7. The van der Waals surface area contributed by atoms with Crippen molar-refractivity contribution < 1.29 is 4.79 Å². The number of thioether (sulfide) groups is 1. The van der Waals surface area contributed by atoms with E-state index in [1.54, 1.807) is 11.3 Å². The number of nitrogens with one attached hydrogen (secondary N) is 2. The Labute approximate surface area is 181 Å². The average Bonchev–Trinajstić information content (AvgIpc) is 3.34. The standard InChI is InChI=1S/C22H28N4OS2/c1-2-23-21(25-16-22(10-11-22)29-18-6-4-3-5-7-18)24-14-20(27)26-12-8-19-17(15-26)9-13-28-19/h3-7,9,13H,2,8,10-12,14-16H2,1H3,(H2,23,24,25). The molecule has 1 fully saturated rings. The largest absolute Gasteiger partial charge is 0.357 e. The van der Waals surface area contributed by atoms with E-state index in [-0.39, 0.29) is 17.2 Å². The van der Waals surface area contributed by atoms with E-state index < -0.39 is 0 Å². The predicted octanol–water partition coefficient (Wildman–Crippen LogP) is 3.51. The van der Waals surface area contributed by atoms with Crippen molar-refractivity contribution in [2.45, 2.75) is 42.4 Å². The highest BCUT2D eigenvalue weighted by Crippen LogP contribution is 2.51. The predicted molar refractivity (Wildman–Crippen MR) is 122 cm³/mol. The first-order valence-corrected chi connectivity index (χ1v) is 12.0. The van der Waals surface area contributed by atoms with E-state index in [4.69, 9.17) is 0 Å². The van der Waals surface area contributed by atoms with Crippen LogP contribution < -0.4 is 10.6 Å². The molecule has 1 saturated carbocycles. The van der Waals surface area contributed by atoms with Gasteiger partial charge in [-0.1, -0.05) is 18.2 Å². The average molecular weight is 429 g/mol. The Hall–Kier alpha value is -1.99. The van der Waals surface area contributed by atoms with Crippen LogP contribution in [0.4, 0.5) is 0 Å². The smallest absolute Gasteiger partial charge is 0.244 e. The third-order valence-corrected chi connectivity index (χ3v) is 7.86. The van der Waals surface area contributed by atoms with Gasteiger partial charge < -0.3 is 15.5 Å². The summed E-state index contributed by atoms with van der Waals surface area (Å²) in [5, 5.41) is 8.86. The molecule has 1 aromatic carbocycles. The van der Waals surface area contributed by atoms with Gasteiger partial charge in [-0.05, 0) is 55.3 Å². The molecule has 2 N–H and O–H groups in total. The van der Waals surface area contributed by atoms with Gasteiger partial charge in [-0.15, -0.1) is 23.1 Å². The van der Waals surface area contributed by atoms with Crippen LogP contribution in [0.5, 0.6) is 0 Å². The number of carbonyl (C=O) groups is 1. The van der Waals surface area contributed by atoms with Crippen LogP contribution in [0.3, 0.4) is 0 Å². The van der Waals surface area contributed by atoms with E-state index in [1.807, 2.05) is 23.6 Å². The number of amides is 1. The molecule has 2 heterocycles. The Morgan fingerprint density at radius 1 is 1.24 bits per heavy atom. The van der Waals surface area contributed by atoms with Crippen LogP contribution in [0.2, 0.25) is 0 Å². The Bertz CT molecular complexity index is 861. The second-order valence-electron chi connectivity index (χ2n) is 7.58. The second-order valence-corrected chi connectivity index (χ2v) is 10.1. The Kier molecular flexibility index (Phi) is 6.45. The maximum Gasteiger partial charge on any atom is 0.244 e. The highest BCUT2D eigenvalue weighted by molar-refractivity contribution is 8.01. The summed E-state index contributed by atoms with van der Waals surface area (Å²) in [7, 11) is 0. The number of guanidine groups is 1. The molecule has 5 nitrogen and oxygen atoms in total. The molecule has 0 unspecified atom stereocenters. The molecule has 0 radical (unpaired) electrons. The van der Waals surface area contributed by atoms with Gasteiger partial charge in [0.05, 0.1) is 0 Å². The lowest BCUT2D eigenvalue weighted by atomic mass is 10.1. The minimum absolute atomic E-state index is 0.0962. The minimum Gasteiger partial charge on any atom is -0.357 e. The van der Waals surface area contributed by atoms with Crippen molar-refractivity contribution in [3.63, 3.8) is 0 Å². The van der Waals surface area contributed by atoms with Gasteiger partial charge in [-0.2, -0.15) is 0 Å². The second kappa shape index (κ2) is 9.22. The molecule has 154 valence electrons. The van der Waals surface area contributed by atoms with Gasteiger partial charge in [-0.25, -0.2) is 4.99 Å². The summed E-state index contributed by atoms with van der Waals surface area (Å²) in [5.41, 5.74) is 1.29. The van der Waals surface area contributed by atoms with Crippen LogP contribution >= 0.6 is 23.1 Å². The Morgan fingerprint density at radius 3 is 2.83 bits per heavy atom. The molecule has 0 bridgehead atoms. The van der Waals surface area contributed by atoms with E-state index in [0.29, 0.717) is 6.54 Å². The Morgan fingerprint density at radius 2 is 2.07 bits per heavy atom. The van der Waals surface area contributed by atoms with Crippen LogP contribution in [-0.4, -0.2) is 47.7 Å². The fourth-order valence-electron chi connectivity index (χ4n) is 3.49. The van der Waals surface area contributed by atoms with E-state index in [1.165, 1.54) is 28.2 Å². The van der Waals surface area contributed by atoms with Crippen molar-refractivity contribution in [3.8, 4) is 0 Å². The molecule has 1 aliphatic heterocycles. The summed E-state index contributed by atoms with van der Waals surface area (Å²) in [6.07, 6.45) is 3.36. The van der Waals surface area contributed by atoms with Crippen molar-refractivity contribution in [2.75, 3.05) is 26.2 Å². The number of fused-ring (bicyclic) bond motifs is 1. The molecule has 1 amide bonds. The molecule has 2 aromatic rings. The highest BCUT2D eigenvalue weighted by atomic mass is 32.2. The molecule has 1 aromatic heterocycles. The van der Waals surface area contributed by atoms with Crippen LogP contribution in [-0.2, 0) is 17.8 Å². The van der Waals surface area contributed by atoms with Gasteiger partial charge in [0.15, 0.2) is 5.96 Å². The number of carbonyl (C=O) groups excluding carboxylic acids is 1. The monoisotopic (exact) mass is 428 g/mol. The fraction of sp³-hybridized carbons (Fsp3) is 0.455. The topological polar surface area (TPSA) is 56.7 Å². The van der Waals surface area contributed by atoms with Crippen molar-refractivity contribution in [1.29, 1.82) is 0 Å². The molecule has 1 aliphatic carbocycles. The lowest BCUT2D eigenvalue weighted by Gasteiger charge is -2.26. The van der Waals surface area contributed by atoms with E-state index in [2.05, 4.69) is 57.4 Å². The van der Waals surface area contributed by atoms with Gasteiger partial charge in [0.2, 0.25) is 5.91 Å². The molecule has 0 spiro atoms. The zero-order chi connectivity index (χ0) is 20.1. The number of aliphatic imine (C=N–C) groups is 1. The van der Waals surface area contributed by atoms with Gasteiger partial charge >= 0.3 is 0 Å². The molecule has 0 atom stereocenters. The summed E-state index contributed by atoms with van der Waals surface area (Å²) in [4.78, 5) is 21.9. The number of thiophene rings is 1. The molecule has 29 heavy (non-hydrogen) atoms. The minimum atomic E-state index is 0.0962. The maximum atomic E-state index is 12.7. The lowest BCUT2D eigenvalue weighted by molar-refractivity contribution is -0.130. The third-order valence-electron chi connectivity index (χ3n) is 5.34. The molecule has 7 heteroatoms.